The highest BCUT2D eigenvalue weighted by molar-refractivity contribution is 6.43. The molecule has 0 aliphatic rings. The molecule has 0 amide bonds. The van der Waals surface area contributed by atoms with Gasteiger partial charge in [0.05, 0.1) is 15.7 Å². The molecule has 0 fully saturated rings. The first-order valence-electron chi connectivity index (χ1n) is 6.36. The fourth-order valence-corrected chi connectivity index (χ4v) is 2.27. The molecule has 1 heterocycles. The molecule has 0 saturated carbocycles. The van der Waals surface area contributed by atoms with Crippen molar-refractivity contribution in [1.29, 1.82) is 0 Å². The summed E-state index contributed by atoms with van der Waals surface area (Å²) >= 11 is 12.2. The van der Waals surface area contributed by atoms with Gasteiger partial charge in [-0.25, -0.2) is 4.39 Å². The molecule has 112 valence electrons. The summed E-state index contributed by atoms with van der Waals surface area (Å²) in [4.78, 5) is 0. The van der Waals surface area contributed by atoms with E-state index >= 15 is 0 Å². The number of nitrogens with one attached hydrogen (secondary N) is 1. The van der Waals surface area contributed by atoms with E-state index in [-0.39, 0.29) is 5.82 Å². The van der Waals surface area contributed by atoms with Crippen molar-refractivity contribution in [3.63, 3.8) is 0 Å². The second-order valence-electron chi connectivity index (χ2n) is 4.47. The Hall–Kier alpha value is -2.18. The summed E-state index contributed by atoms with van der Waals surface area (Å²) in [5.74, 6) is 0.132. The molecule has 0 aliphatic carbocycles. The van der Waals surface area contributed by atoms with Crippen molar-refractivity contribution in [3.05, 3.63) is 63.9 Å². The van der Waals surface area contributed by atoms with Gasteiger partial charge in [0.1, 0.15) is 5.82 Å². The second-order valence-corrected chi connectivity index (χ2v) is 5.25. The van der Waals surface area contributed by atoms with Crippen LogP contribution in [0.25, 0.3) is 5.69 Å². The van der Waals surface area contributed by atoms with E-state index in [1.165, 1.54) is 16.8 Å². The standard InChI is InChI=1S/C14H10Cl2FN5/c15-11-2-1-3-12(13(11)16)22-14(19-20-21-22)18-8-9-4-6-10(17)7-5-9/h1-7H,8H2,(H,18,19,21). The molecule has 0 bridgehead atoms. The zero-order valence-corrected chi connectivity index (χ0v) is 12.7. The molecule has 0 unspecified atom stereocenters. The van der Waals surface area contributed by atoms with Gasteiger partial charge >= 0.3 is 0 Å². The quantitative estimate of drug-likeness (QED) is 0.788. The number of hydrogen-bond acceptors (Lipinski definition) is 4. The van der Waals surface area contributed by atoms with Crippen LogP contribution in [0.15, 0.2) is 42.5 Å². The third-order valence-corrected chi connectivity index (χ3v) is 3.80. The second kappa shape index (κ2) is 6.29. The van der Waals surface area contributed by atoms with Crippen molar-refractivity contribution in [2.24, 2.45) is 0 Å². The topological polar surface area (TPSA) is 55.6 Å². The van der Waals surface area contributed by atoms with Crippen LogP contribution in [0.1, 0.15) is 5.56 Å². The first kappa shape index (κ1) is 14.7. The van der Waals surface area contributed by atoms with Crippen molar-refractivity contribution < 1.29 is 4.39 Å². The number of tetrazole rings is 1. The van der Waals surface area contributed by atoms with Crippen LogP contribution in [0.5, 0.6) is 0 Å². The molecule has 0 saturated heterocycles. The minimum absolute atomic E-state index is 0.278. The Balaban J connectivity index is 1.83. The molecule has 0 atom stereocenters. The molecule has 22 heavy (non-hydrogen) atoms. The van der Waals surface area contributed by atoms with E-state index in [1.807, 2.05) is 0 Å². The van der Waals surface area contributed by atoms with Gasteiger partial charge in [0, 0.05) is 6.54 Å². The van der Waals surface area contributed by atoms with Crippen LogP contribution in [0, 0.1) is 5.82 Å². The molecular formula is C14H10Cl2FN5. The number of aromatic nitrogens is 4. The van der Waals surface area contributed by atoms with Crippen LogP contribution in [-0.2, 0) is 6.54 Å². The van der Waals surface area contributed by atoms with E-state index < -0.39 is 0 Å². The average molecular weight is 338 g/mol. The average Bonchev–Trinajstić information content (AvgIpc) is 2.98. The fraction of sp³-hybridized carbons (Fsp3) is 0.0714. The molecule has 3 aromatic rings. The maximum atomic E-state index is 12.9. The summed E-state index contributed by atoms with van der Waals surface area (Å²) in [6.07, 6.45) is 0. The molecule has 2 aromatic carbocycles. The molecule has 8 heteroatoms. The number of halogens is 3. The van der Waals surface area contributed by atoms with Gasteiger partial charge in [-0.05, 0) is 40.3 Å². The fourth-order valence-electron chi connectivity index (χ4n) is 1.90. The van der Waals surface area contributed by atoms with Gasteiger partial charge in [0.2, 0.25) is 5.95 Å². The Morgan fingerprint density at radius 3 is 2.64 bits per heavy atom. The van der Waals surface area contributed by atoms with Crippen molar-refractivity contribution in [3.8, 4) is 5.69 Å². The number of anilines is 1. The van der Waals surface area contributed by atoms with Crippen molar-refractivity contribution in [1.82, 2.24) is 20.2 Å². The molecule has 0 aliphatic heterocycles. The van der Waals surface area contributed by atoms with Crippen molar-refractivity contribution >= 4 is 29.2 Å². The van der Waals surface area contributed by atoms with Crippen molar-refractivity contribution in [2.75, 3.05) is 5.32 Å². The van der Waals surface area contributed by atoms with Crippen LogP contribution in [-0.4, -0.2) is 20.2 Å². The molecule has 1 aromatic heterocycles. The van der Waals surface area contributed by atoms with Crippen LogP contribution < -0.4 is 5.32 Å². The summed E-state index contributed by atoms with van der Waals surface area (Å²) in [5.41, 5.74) is 1.47. The minimum Gasteiger partial charge on any atom is -0.349 e. The first-order chi connectivity index (χ1) is 10.6. The van der Waals surface area contributed by atoms with Gasteiger partial charge in [-0.1, -0.05) is 46.5 Å². The van der Waals surface area contributed by atoms with Crippen molar-refractivity contribution in [2.45, 2.75) is 6.54 Å². The van der Waals surface area contributed by atoms with Gasteiger partial charge in [-0.2, -0.15) is 4.68 Å². The molecule has 0 radical (unpaired) electrons. The lowest BCUT2D eigenvalue weighted by molar-refractivity contribution is 0.627. The van der Waals surface area contributed by atoms with Gasteiger partial charge < -0.3 is 5.32 Å². The normalized spacial score (nSPS) is 10.7. The van der Waals surface area contributed by atoms with Gasteiger partial charge in [-0.15, -0.1) is 0 Å². The van der Waals surface area contributed by atoms with Crippen LogP contribution in [0.2, 0.25) is 10.0 Å². The maximum absolute atomic E-state index is 12.9. The Morgan fingerprint density at radius 2 is 1.86 bits per heavy atom. The van der Waals surface area contributed by atoms with Crippen LogP contribution in [0.3, 0.4) is 0 Å². The van der Waals surface area contributed by atoms with Gasteiger partial charge in [0.25, 0.3) is 0 Å². The monoisotopic (exact) mass is 337 g/mol. The number of nitrogens with zero attached hydrogens (tertiary/aromatic N) is 4. The molecule has 5 nitrogen and oxygen atoms in total. The van der Waals surface area contributed by atoms with E-state index in [2.05, 4.69) is 20.8 Å². The highest BCUT2D eigenvalue weighted by atomic mass is 35.5. The zero-order chi connectivity index (χ0) is 15.5. The van der Waals surface area contributed by atoms with E-state index in [9.17, 15) is 4.39 Å². The Bertz CT molecular complexity index is 788. The van der Waals surface area contributed by atoms with E-state index in [0.29, 0.717) is 28.2 Å². The van der Waals surface area contributed by atoms with Gasteiger partial charge in [0.15, 0.2) is 0 Å². The lowest BCUT2D eigenvalue weighted by Crippen LogP contribution is -2.08. The third kappa shape index (κ3) is 3.03. The molecule has 3 rings (SSSR count). The molecule has 1 N–H and O–H groups in total. The third-order valence-electron chi connectivity index (χ3n) is 2.99. The summed E-state index contributed by atoms with van der Waals surface area (Å²) in [6, 6.07) is 11.4. The minimum atomic E-state index is -0.278. The van der Waals surface area contributed by atoms with Crippen LogP contribution >= 0.6 is 23.2 Å². The maximum Gasteiger partial charge on any atom is 0.248 e. The van der Waals surface area contributed by atoms with E-state index in [1.54, 1.807) is 30.3 Å². The SMILES string of the molecule is Fc1ccc(CNc2nnnn2-c2cccc(Cl)c2Cl)cc1. The van der Waals surface area contributed by atoms with E-state index in [0.717, 1.165) is 5.56 Å². The summed E-state index contributed by atoms with van der Waals surface area (Å²) in [5, 5.41) is 15.3. The largest absolute Gasteiger partial charge is 0.349 e. The smallest absolute Gasteiger partial charge is 0.248 e. The zero-order valence-electron chi connectivity index (χ0n) is 11.2. The summed E-state index contributed by atoms with van der Waals surface area (Å²) in [6.45, 7) is 0.443. The number of hydrogen-bond donors (Lipinski definition) is 1. The molecule has 0 spiro atoms. The first-order valence-corrected chi connectivity index (χ1v) is 7.12. The summed E-state index contributed by atoms with van der Waals surface area (Å²) in [7, 11) is 0. The molecular weight excluding hydrogens is 328 g/mol. The number of benzene rings is 2. The lowest BCUT2D eigenvalue weighted by atomic mass is 10.2. The van der Waals surface area contributed by atoms with E-state index in [4.69, 9.17) is 23.2 Å². The predicted octanol–water partition coefficient (Wildman–Crippen LogP) is 3.72. The Morgan fingerprint density at radius 1 is 1.09 bits per heavy atom. The summed E-state index contributed by atoms with van der Waals surface area (Å²) < 4.78 is 14.3. The highest BCUT2D eigenvalue weighted by Crippen LogP contribution is 2.29. The lowest BCUT2D eigenvalue weighted by Gasteiger charge is -2.09. The number of rotatable bonds is 4. The van der Waals surface area contributed by atoms with Crippen LogP contribution in [0.4, 0.5) is 10.3 Å². The highest BCUT2D eigenvalue weighted by Gasteiger charge is 2.12. The predicted molar refractivity (Wildman–Crippen MR) is 82.9 cm³/mol. The van der Waals surface area contributed by atoms with Gasteiger partial charge in [-0.3, -0.25) is 0 Å². The Kier molecular flexibility index (Phi) is 4.22. The Labute approximate surface area is 135 Å².